The molecule has 3 heterocycles. The Bertz CT molecular complexity index is 3060. The van der Waals surface area contributed by atoms with Gasteiger partial charge in [-0.3, -0.25) is 0 Å². The summed E-state index contributed by atoms with van der Waals surface area (Å²) in [6.07, 6.45) is -4.46. The SMILES string of the molecule is Cc1cccc(-c2nnc(-c3ccc(B(O)O)cc3)o2)c1.Cc1cccc(-c2nnc(-c3ccc(B(O)O)cc3)o2)c1C.OB(O)c1ccc(-c2nnc(-c3cccc(C(F)(F)F)c3)o2)cc1. The van der Waals surface area contributed by atoms with Crippen LogP contribution in [0.25, 0.3) is 68.7 Å². The standard InChI is InChI=1S/C16H15BN2O3.C15H10BF3N2O3.C15H13BN2O3/c1-10-4-3-5-14(11(10)2)16-19-18-15(22-16)12-6-8-13(9-7-12)17(20)21;17-15(18,19)11-3-1-2-10(8-11)14-21-20-13(24-14)9-4-6-12(7-5-9)16(22)23;1-10-3-2-4-12(9-10)15-18-17-14(21-15)11-5-7-13(8-6-11)16(19)20/h3-9,20-21H,1-2H3;1-8,22-23H;2-9,19-20H,1H3. The lowest BCUT2D eigenvalue weighted by Crippen LogP contribution is -2.29. The van der Waals surface area contributed by atoms with Gasteiger partial charge in [-0.25, -0.2) is 0 Å². The molecule has 9 aromatic rings. The first-order valence-corrected chi connectivity index (χ1v) is 20.2. The maximum absolute atomic E-state index is 12.7. The lowest BCUT2D eigenvalue weighted by Gasteiger charge is -2.06. The molecule has 0 fully saturated rings. The summed E-state index contributed by atoms with van der Waals surface area (Å²) in [7, 11) is -4.56. The quantitative estimate of drug-likeness (QED) is 0.102. The number of halogens is 3. The molecule has 336 valence electrons. The Balaban J connectivity index is 0.000000149. The minimum Gasteiger partial charge on any atom is -0.423 e. The highest BCUT2D eigenvalue weighted by Crippen LogP contribution is 2.33. The first kappa shape index (κ1) is 47.4. The minimum absolute atomic E-state index is 0.0395. The third-order valence-electron chi connectivity index (χ3n) is 10.2. The van der Waals surface area contributed by atoms with Crippen LogP contribution in [0.1, 0.15) is 22.3 Å². The molecule has 0 aliphatic carbocycles. The van der Waals surface area contributed by atoms with Gasteiger partial charge in [0.05, 0.1) is 5.56 Å². The van der Waals surface area contributed by atoms with Crippen molar-refractivity contribution in [1.82, 2.24) is 30.6 Å². The first-order chi connectivity index (χ1) is 32.0. The Morgan fingerprint density at radius 3 is 1.16 bits per heavy atom. The third-order valence-corrected chi connectivity index (χ3v) is 10.2. The molecule has 0 aliphatic heterocycles. The number of aromatic nitrogens is 6. The summed E-state index contributed by atoms with van der Waals surface area (Å²) in [5.41, 5.74) is 7.61. The molecule has 0 unspecified atom stereocenters. The molecule has 9 rings (SSSR count). The molecule has 3 aromatic heterocycles. The molecule has 0 saturated heterocycles. The predicted octanol–water partition coefficient (Wildman–Crippen LogP) is 5.19. The Morgan fingerprint density at radius 2 is 0.761 bits per heavy atom. The van der Waals surface area contributed by atoms with Crippen LogP contribution in [0.15, 0.2) is 153 Å². The van der Waals surface area contributed by atoms with Crippen LogP contribution in [-0.2, 0) is 6.18 Å². The molecule has 0 bridgehead atoms. The van der Waals surface area contributed by atoms with Gasteiger partial charge in [-0.15, -0.1) is 30.6 Å². The van der Waals surface area contributed by atoms with E-state index in [0.717, 1.165) is 45.5 Å². The highest BCUT2D eigenvalue weighted by molar-refractivity contribution is 6.59. The van der Waals surface area contributed by atoms with Crippen LogP contribution in [0, 0.1) is 20.8 Å². The molecule has 67 heavy (non-hydrogen) atoms. The zero-order valence-electron chi connectivity index (χ0n) is 35.7. The van der Waals surface area contributed by atoms with Crippen molar-refractivity contribution in [1.29, 1.82) is 0 Å². The van der Waals surface area contributed by atoms with Gasteiger partial charge < -0.3 is 43.4 Å². The van der Waals surface area contributed by atoms with Gasteiger partial charge in [-0.1, -0.05) is 72.3 Å². The smallest absolute Gasteiger partial charge is 0.423 e. The Labute approximate surface area is 381 Å². The van der Waals surface area contributed by atoms with Crippen molar-refractivity contribution in [2.45, 2.75) is 26.9 Å². The van der Waals surface area contributed by atoms with E-state index in [1.165, 1.54) is 42.0 Å². The maximum atomic E-state index is 12.7. The number of nitrogens with zero attached hydrogens (tertiary/aromatic N) is 6. The molecule has 15 nitrogen and oxygen atoms in total. The summed E-state index contributed by atoms with van der Waals surface area (Å²) in [4.78, 5) is 0. The summed E-state index contributed by atoms with van der Waals surface area (Å²) in [5.74, 6) is 1.80. The van der Waals surface area contributed by atoms with E-state index in [9.17, 15) is 13.2 Å². The van der Waals surface area contributed by atoms with E-state index in [0.29, 0.717) is 40.1 Å². The molecule has 0 radical (unpaired) electrons. The Morgan fingerprint density at radius 1 is 0.403 bits per heavy atom. The summed E-state index contributed by atoms with van der Waals surface area (Å²) in [6.45, 7) is 6.06. The fourth-order valence-electron chi connectivity index (χ4n) is 6.34. The molecule has 0 aliphatic rings. The number of aryl methyl sites for hydroxylation is 2. The molecule has 6 aromatic carbocycles. The third kappa shape index (κ3) is 11.9. The summed E-state index contributed by atoms with van der Waals surface area (Å²) >= 11 is 0. The number of hydrogen-bond donors (Lipinski definition) is 6. The summed E-state index contributed by atoms with van der Waals surface area (Å²) in [6, 6.07) is 37.7. The number of rotatable bonds is 9. The molecule has 0 amide bonds. The lowest BCUT2D eigenvalue weighted by molar-refractivity contribution is -0.137. The zero-order chi connectivity index (χ0) is 47.8. The van der Waals surface area contributed by atoms with Crippen molar-refractivity contribution >= 4 is 37.7 Å². The zero-order valence-corrected chi connectivity index (χ0v) is 35.7. The van der Waals surface area contributed by atoms with E-state index < -0.39 is 33.1 Å². The summed E-state index contributed by atoms with van der Waals surface area (Å²) in [5, 5.41) is 78.2. The van der Waals surface area contributed by atoms with Crippen LogP contribution < -0.4 is 16.4 Å². The average molecular weight is 908 g/mol. The number of benzene rings is 6. The Hall–Kier alpha value is -7.52. The van der Waals surface area contributed by atoms with Gasteiger partial charge in [-0.2, -0.15) is 13.2 Å². The maximum Gasteiger partial charge on any atom is 0.488 e. The largest absolute Gasteiger partial charge is 0.488 e. The van der Waals surface area contributed by atoms with E-state index in [1.807, 2.05) is 63.2 Å². The van der Waals surface area contributed by atoms with Gasteiger partial charge in [0, 0.05) is 33.4 Å². The second kappa shape index (κ2) is 20.8. The number of alkyl halides is 3. The monoisotopic (exact) mass is 908 g/mol. The van der Waals surface area contributed by atoms with Gasteiger partial charge in [0.1, 0.15) is 0 Å². The van der Waals surface area contributed by atoms with Crippen molar-refractivity contribution in [3.63, 3.8) is 0 Å². The van der Waals surface area contributed by atoms with Gasteiger partial charge in [0.15, 0.2) is 0 Å². The van der Waals surface area contributed by atoms with E-state index in [-0.39, 0.29) is 22.8 Å². The van der Waals surface area contributed by atoms with E-state index in [4.69, 9.17) is 43.4 Å². The van der Waals surface area contributed by atoms with Crippen LogP contribution in [0.2, 0.25) is 0 Å². The summed E-state index contributed by atoms with van der Waals surface area (Å²) < 4.78 is 55.1. The van der Waals surface area contributed by atoms with Crippen molar-refractivity contribution in [2.75, 3.05) is 0 Å². The topological polar surface area (TPSA) is 238 Å². The molecule has 0 atom stereocenters. The van der Waals surface area contributed by atoms with Crippen LogP contribution in [0.5, 0.6) is 0 Å². The van der Waals surface area contributed by atoms with Crippen molar-refractivity contribution < 1.29 is 56.6 Å². The van der Waals surface area contributed by atoms with Gasteiger partial charge in [-0.05, 0) is 121 Å². The van der Waals surface area contributed by atoms with Gasteiger partial charge in [0.25, 0.3) is 0 Å². The highest BCUT2D eigenvalue weighted by Gasteiger charge is 2.31. The van der Waals surface area contributed by atoms with E-state index >= 15 is 0 Å². The second-order valence-corrected chi connectivity index (χ2v) is 14.9. The van der Waals surface area contributed by atoms with Crippen LogP contribution in [0.4, 0.5) is 13.2 Å². The van der Waals surface area contributed by atoms with Gasteiger partial charge in [0.2, 0.25) is 35.3 Å². The van der Waals surface area contributed by atoms with E-state index in [2.05, 4.69) is 30.6 Å². The van der Waals surface area contributed by atoms with Gasteiger partial charge >= 0.3 is 27.5 Å². The molecule has 21 heteroatoms. The van der Waals surface area contributed by atoms with Crippen molar-refractivity contribution in [3.05, 3.63) is 162 Å². The molecular weight excluding hydrogens is 870 g/mol. The van der Waals surface area contributed by atoms with Crippen LogP contribution in [-0.4, -0.2) is 82.1 Å². The fraction of sp³-hybridized carbons (Fsp3) is 0.0870. The average Bonchev–Trinajstić information content (AvgIpc) is 4.13. The minimum atomic E-state index is -4.46. The normalized spacial score (nSPS) is 11.0. The lowest BCUT2D eigenvalue weighted by atomic mass is 9.80. The molecule has 6 N–H and O–H groups in total. The van der Waals surface area contributed by atoms with Crippen molar-refractivity contribution in [2.24, 2.45) is 0 Å². The van der Waals surface area contributed by atoms with Crippen LogP contribution >= 0.6 is 0 Å². The predicted molar refractivity (Wildman–Crippen MR) is 244 cm³/mol. The number of hydrogen-bond acceptors (Lipinski definition) is 15. The van der Waals surface area contributed by atoms with E-state index in [1.54, 1.807) is 48.5 Å². The first-order valence-electron chi connectivity index (χ1n) is 20.2. The molecule has 0 spiro atoms. The Kier molecular flexibility index (Phi) is 14.7. The molecule has 0 saturated carbocycles. The van der Waals surface area contributed by atoms with Crippen LogP contribution in [0.3, 0.4) is 0 Å². The van der Waals surface area contributed by atoms with Crippen molar-refractivity contribution in [3.8, 4) is 68.7 Å². The highest BCUT2D eigenvalue weighted by atomic mass is 19.4. The fourth-order valence-corrected chi connectivity index (χ4v) is 6.34. The molecular formula is C46H38B3F3N6O9. The second-order valence-electron chi connectivity index (χ2n) is 14.9.